The molecule has 0 saturated carbocycles. The van der Waals surface area contributed by atoms with Gasteiger partial charge in [-0.2, -0.15) is 0 Å². The van der Waals surface area contributed by atoms with Gasteiger partial charge < -0.3 is 14.0 Å². The van der Waals surface area contributed by atoms with Gasteiger partial charge in [-0.1, -0.05) is 39.3 Å². The third-order valence-corrected chi connectivity index (χ3v) is 4.66. The number of aryl methyl sites for hydroxylation is 2. The van der Waals surface area contributed by atoms with Gasteiger partial charge in [0.25, 0.3) is 0 Å². The number of Topliss-reactive ketones (excluding diaryl/α,β-unsaturated/α-hetero) is 1. The molecule has 0 radical (unpaired) electrons. The van der Waals surface area contributed by atoms with E-state index >= 15 is 0 Å². The van der Waals surface area contributed by atoms with Crippen LogP contribution in [0.5, 0.6) is 5.75 Å². The summed E-state index contributed by atoms with van der Waals surface area (Å²) in [6, 6.07) is 13.5. The van der Waals surface area contributed by atoms with Gasteiger partial charge in [0.1, 0.15) is 18.1 Å². The molecular weight excluding hydrogens is 426 g/mol. The quantitative estimate of drug-likeness (QED) is 0.389. The molecule has 28 heavy (non-hydrogen) atoms. The second-order valence-electron chi connectivity index (χ2n) is 6.13. The van der Waals surface area contributed by atoms with Gasteiger partial charge in [0, 0.05) is 10.0 Å². The van der Waals surface area contributed by atoms with Crippen LogP contribution in [0.3, 0.4) is 0 Å². The molecule has 0 bridgehead atoms. The number of aromatic nitrogens is 1. The second kappa shape index (κ2) is 8.84. The van der Waals surface area contributed by atoms with Gasteiger partial charge in [-0.15, -0.1) is 0 Å². The minimum absolute atomic E-state index is 0.272. The first kappa shape index (κ1) is 19.8. The maximum absolute atomic E-state index is 12.3. The zero-order valence-electron chi connectivity index (χ0n) is 15.4. The number of halogens is 1. The van der Waals surface area contributed by atoms with Crippen LogP contribution in [0.1, 0.15) is 37.7 Å². The Labute approximate surface area is 170 Å². The molecule has 0 spiro atoms. The standard InChI is InChI=1S/C21H18BrNO5/c1-13-19(14(2)28-23-13)11-26-18-5-3-4-16(10-18)21(25)27-12-20(24)15-6-8-17(22)9-7-15/h3-10H,11-12H2,1-2H3. The number of benzene rings is 2. The Kier molecular flexibility index (Phi) is 6.26. The fraction of sp³-hybridized carbons (Fsp3) is 0.190. The highest BCUT2D eigenvalue weighted by Gasteiger charge is 2.14. The number of rotatable bonds is 7. The molecule has 0 saturated heterocycles. The van der Waals surface area contributed by atoms with Crippen molar-refractivity contribution in [2.24, 2.45) is 0 Å². The summed E-state index contributed by atoms with van der Waals surface area (Å²) in [5.74, 6) is 0.341. The number of carbonyl (C=O) groups is 2. The van der Waals surface area contributed by atoms with Crippen LogP contribution in [0, 0.1) is 13.8 Å². The van der Waals surface area contributed by atoms with E-state index in [4.69, 9.17) is 14.0 Å². The number of hydrogen-bond donors (Lipinski definition) is 0. The third kappa shape index (κ3) is 4.86. The zero-order valence-corrected chi connectivity index (χ0v) is 17.0. The van der Waals surface area contributed by atoms with E-state index in [1.54, 1.807) is 48.5 Å². The summed E-state index contributed by atoms with van der Waals surface area (Å²) in [7, 11) is 0. The van der Waals surface area contributed by atoms with E-state index in [1.165, 1.54) is 0 Å². The van der Waals surface area contributed by atoms with E-state index in [9.17, 15) is 9.59 Å². The first-order valence-electron chi connectivity index (χ1n) is 8.54. The Morgan fingerprint density at radius 3 is 2.50 bits per heavy atom. The van der Waals surface area contributed by atoms with Gasteiger partial charge in [-0.25, -0.2) is 4.79 Å². The minimum Gasteiger partial charge on any atom is -0.489 e. The summed E-state index contributed by atoms with van der Waals surface area (Å²) in [4.78, 5) is 24.4. The Morgan fingerprint density at radius 1 is 1.07 bits per heavy atom. The van der Waals surface area contributed by atoms with Crippen molar-refractivity contribution in [2.75, 3.05) is 6.61 Å². The molecule has 1 heterocycles. The van der Waals surface area contributed by atoms with Crippen LogP contribution < -0.4 is 4.74 Å². The van der Waals surface area contributed by atoms with Gasteiger partial charge in [-0.05, 0) is 44.2 Å². The molecule has 0 aliphatic heterocycles. The molecule has 1 aromatic heterocycles. The van der Waals surface area contributed by atoms with Crippen LogP contribution in [0.4, 0.5) is 0 Å². The van der Waals surface area contributed by atoms with E-state index in [0.29, 0.717) is 22.6 Å². The van der Waals surface area contributed by atoms with E-state index in [-0.39, 0.29) is 19.0 Å². The van der Waals surface area contributed by atoms with E-state index in [0.717, 1.165) is 15.7 Å². The molecule has 0 amide bonds. The lowest BCUT2D eigenvalue weighted by molar-refractivity contribution is 0.0474. The van der Waals surface area contributed by atoms with E-state index < -0.39 is 5.97 Å². The summed E-state index contributed by atoms with van der Waals surface area (Å²) < 4.78 is 16.8. The maximum atomic E-state index is 12.3. The Hall–Kier alpha value is -2.93. The average molecular weight is 444 g/mol. The van der Waals surface area contributed by atoms with Crippen LogP contribution >= 0.6 is 15.9 Å². The van der Waals surface area contributed by atoms with Gasteiger partial charge >= 0.3 is 5.97 Å². The fourth-order valence-electron chi connectivity index (χ4n) is 2.51. The maximum Gasteiger partial charge on any atom is 0.338 e. The molecule has 0 atom stereocenters. The largest absolute Gasteiger partial charge is 0.489 e. The van der Waals surface area contributed by atoms with Crippen LogP contribution in [0.25, 0.3) is 0 Å². The highest BCUT2D eigenvalue weighted by molar-refractivity contribution is 9.10. The first-order chi connectivity index (χ1) is 13.4. The molecule has 0 N–H and O–H groups in total. The molecule has 0 unspecified atom stereocenters. The van der Waals surface area contributed by atoms with Crippen LogP contribution in [-0.4, -0.2) is 23.5 Å². The lowest BCUT2D eigenvalue weighted by Gasteiger charge is -2.08. The Balaban J connectivity index is 1.59. The first-order valence-corrected chi connectivity index (χ1v) is 9.34. The number of carbonyl (C=O) groups excluding carboxylic acids is 2. The molecule has 2 aromatic carbocycles. The molecule has 3 rings (SSSR count). The predicted octanol–water partition coefficient (Wildman–Crippen LogP) is 4.67. The number of ether oxygens (including phenoxy) is 2. The lowest BCUT2D eigenvalue weighted by atomic mass is 10.1. The molecule has 144 valence electrons. The number of hydrogen-bond acceptors (Lipinski definition) is 6. The average Bonchev–Trinajstić information content (AvgIpc) is 3.02. The minimum atomic E-state index is -0.590. The number of nitrogens with zero attached hydrogens (tertiary/aromatic N) is 1. The van der Waals surface area contributed by atoms with Crippen molar-refractivity contribution in [3.05, 3.63) is 81.1 Å². The van der Waals surface area contributed by atoms with Crippen molar-refractivity contribution in [3.63, 3.8) is 0 Å². The summed E-state index contributed by atoms with van der Waals surface area (Å²) in [6.45, 7) is 3.60. The Bertz CT molecular complexity index is 975. The highest BCUT2D eigenvalue weighted by Crippen LogP contribution is 2.19. The third-order valence-electron chi connectivity index (χ3n) is 4.13. The van der Waals surface area contributed by atoms with Crippen LogP contribution in [0.2, 0.25) is 0 Å². The molecule has 3 aromatic rings. The van der Waals surface area contributed by atoms with Crippen molar-refractivity contribution in [1.29, 1.82) is 0 Å². The molecule has 0 aliphatic rings. The topological polar surface area (TPSA) is 78.6 Å². The summed E-state index contributed by atoms with van der Waals surface area (Å²) in [6.07, 6.45) is 0. The number of ketones is 1. The van der Waals surface area contributed by atoms with E-state index in [2.05, 4.69) is 21.1 Å². The molecule has 0 fully saturated rings. The second-order valence-corrected chi connectivity index (χ2v) is 7.04. The normalized spacial score (nSPS) is 10.5. The van der Waals surface area contributed by atoms with Crippen molar-refractivity contribution in [1.82, 2.24) is 5.16 Å². The molecule has 6 nitrogen and oxygen atoms in total. The highest BCUT2D eigenvalue weighted by atomic mass is 79.9. The Morgan fingerprint density at radius 2 is 1.82 bits per heavy atom. The summed E-state index contributed by atoms with van der Waals surface area (Å²) >= 11 is 3.31. The monoisotopic (exact) mass is 443 g/mol. The SMILES string of the molecule is Cc1noc(C)c1COc1cccc(C(=O)OCC(=O)c2ccc(Br)cc2)c1. The zero-order chi connectivity index (χ0) is 20.1. The predicted molar refractivity (Wildman–Crippen MR) is 106 cm³/mol. The van der Waals surface area contributed by atoms with Crippen molar-refractivity contribution in [2.45, 2.75) is 20.5 Å². The molecule has 7 heteroatoms. The van der Waals surface area contributed by atoms with E-state index in [1.807, 2.05) is 13.8 Å². The van der Waals surface area contributed by atoms with Gasteiger partial charge in [0.2, 0.25) is 0 Å². The number of esters is 1. The van der Waals surface area contributed by atoms with Gasteiger partial charge in [0.15, 0.2) is 12.4 Å². The van der Waals surface area contributed by atoms with Crippen molar-refractivity contribution < 1.29 is 23.6 Å². The summed E-state index contributed by atoms with van der Waals surface area (Å²) in [5, 5.41) is 3.88. The molecule has 0 aliphatic carbocycles. The lowest BCUT2D eigenvalue weighted by Crippen LogP contribution is -2.14. The smallest absolute Gasteiger partial charge is 0.338 e. The van der Waals surface area contributed by atoms with Gasteiger partial charge in [-0.3, -0.25) is 4.79 Å². The van der Waals surface area contributed by atoms with Crippen molar-refractivity contribution in [3.8, 4) is 5.75 Å². The van der Waals surface area contributed by atoms with Crippen LogP contribution in [-0.2, 0) is 11.3 Å². The summed E-state index contributed by atoms with van der Waals surface area (Å²) in [5.41, 5.74) is 2.42. The van der Waals surface area contributed by atoms with Crippen LogP contribution in [0.15, 0.2) is 57.5 Å². The molecular formula is C21H18BrNO5. The fourth-order valence-corrected chi connectivity index (χ4v) is 2.77. The van der Waals surface area contributed by atoms with Gasteiger partial charge in [0.05, 0.1) is 16.8 Å². The van der Waals surface area contributed by atoms with Crippen molar-refractivity contribution >= 4 is 27.7 Å².